The molecule has 0 spiro atoms. The SMILES string of the molecule is CC(C)(C)[C@@H]1COC(c2cc3ccccc3s2)=N1. The van der Waals surface area contributed by atoms with Crippen LogP contribution in [0.4, 0.5) is 0 Å². The second-order valence-electron chi connectivity index (χ2n) is 5.78. The summed E-state index contributed by atoms with van der Waals surface area (Å²) in [6.07, 6.45) is 0. The van der Waals surface area contributed by atoms with E-state index < -0.39 is 0 Å². The van der Waals surface area contributed by atoms with Crippen molar-refractivity contribution < 1.29 is 4.74 Å². The first kappa shape index (κ1) is 11.7. The summed E-state index contributed by atoms with van der Waals surface area (Å²) < 4.78 is 7.06. The van der Waals surface area contributed by atoms with Crippen LogP contribution in [0.5, 0.6) is 0 Å². The molecule has 3 heteroatoms. The molecule has 2 heterocycles. The Hall–Kier alpha value is -1.35. The molecule has 1 atom stereocenters. The van der Waals surface area contributed by atoms with Gasteiger partial charge in [0.15, 0.2) is 0 Å². The lowest BCUT2D eigenvalue weighted by molar-refractivity contribution is 0.236. The van der Waals surface area contributed by atoms with Gasteiger partial charge < -0.3 is 4.74 Å². The zero-order valence-corrected chi connectivity index (χ0v) is 11.8. The molecule has 1 aliphatic rings. The molecule has 1 aromatic carbocycles. The number of thiophene rings is 1. The number of rotatable bonds is 1. The fraction of sp³-hybridized carbons (Fsp3) is 0.400. The third kappa shape index (κ3) is 2.03. The number of nitrogens with zero attached hydrogens (tertiary/aromatic N) is 1. The minimum atomic E-state index is 0.165. The summed E-state index contributed by atoms with van der Waals surface area (Å²) in [6, 6.07) is 10.8. The third-order valence-electron chi connectivity index (χ3n) is 3.29. The maximum absolute atomic E-state index is 5.77. The van der Waals surface area contributed by atoms with Crippen molar-refractivity contribution in [1.82, 2.24) is 0 Å². The van der Waals surface area contributed by atoms with Crippen molar-refractivity contribution in [1.29, 1.82) is 0 Å². The van der Waals surface area contributed by atoms with E-state index >= 15 is 0 Å². The maximum Gasteiger partial charge on any atom is 0.226 e. The zero-order valence-electron chi connectivity index (χ0n) is 10.9. The van der Waals surface area contributed by atoms with Crippen LogP contribution in [0, 0.1) is 5.41 Å². The first-order valence-corrected chi connectivity index (χ1v) is 7.05. The van der Waals surface area contributed by atoms with Gasteiger partial charge in [0, 0.05) is 4.70 Å². The Bertz CT molecular complexity index is 573. The first-order chi connectivity index (χ1) is 8.54. The summed E-state index contributed by atoms with van der Waals surface area (Å²) in [6.45, 7) is 7.32. The second-order valence-corrected chi connectivity index (χ2v) is 6.86. The molecule has 0 unspecified atom stereocenters. The summed E-state index contributed by atoms with van der Waals surface area (Å²) >= 11 is 1.75. The van der Waals surface area contributed by atoms with Crippen molar-refractivity contribution in [2.24, 2.45) is 10.4 Å². The van der Waals surface area contributed by atoms with E-state index in [1.54, 1.807) is 11.3 Å². The number of aliphatic imine (C=N–C) groups is 1. The molecule has 1 aromatic heterocycles. The average molecular weight is 259 g/mol. The third-order valence-corrected chi connectivity index (χ3v) is 4.39. The molecule has 0 N–H and O–H groups in total. The molecule has 0 radical (unpaired) electrons. The minimum absolute atomic E-state index is 0.165. The van der Waals surface area contributed by atoms with Crippen LogP contribution in [-0.4, -0.2) is 18.5 Å². The summed E-state index contributed by atoms with van der Waals surface area (Å²) in [4.78, 5) is 5.87. The Morgan fingerprint density at radius 2 is 2.06 bits per heavy atom. The number of benzene rings is 1. The van der Waals surface area contributed by atoms with Crippen LogP contribution in [0.25, 0.3) is 10.1 Å². The van der Waals surface area contributed by atoms with Crippen LogP contribution in [0.3, 0.4) is 0 Å². The van der Waals surface area contributed by atoms with Gasteiger partial charge in [-0.25, -0.2) is 4.99 Å². The van der Waals surface area contributed by atoms with Gasteiger partial charge in [-0.2, -0.15) is 0 Å². The lowest BCUT2D eigenvalue weighted by Gasteiger charge is -2.21. The predicted molar refractivity (Wildman–Crippen MR) is 77.6 cm³/mol. The molecule has 0 saturated heterocycles. The van der Waals surface area contributed by atoms with Crippen LogP contribution < -0.4 is 0 Å². The van der Waals surface area contributed by atoms with Crippen LogP contribution >= 0.6 is 11.3 Å². The van der Waals surface area contributed by atoms with E-state index in [0.717, 1.165) is 10.8 Å². The Morgan fingerprint density at radius 1 is 1.28 bits per heavy atom. The second kappa shape index (κ2) is 4.09. The van der Waals surface area contributed by atoms with E-state index in [2.05, 4.69) is 51.1 Å². The number of hydrogen-bond acceptors (Lipinski definition) is 3. The molecule has 0 aliphatic carbocycles. The molecule has 0 bridgehead atoms. The lowest BCUT2D eigenvalue weighted by atomic mass is 9.88. The smallest absolute Gasteiger partial charge is 0.226 e. The van der Waals surface area contributed by atoms with Gasteiger partial charge in [0.25, 0.3) is 0 Å². The van der Waals surface area contributed by atoms with Crippen LogP contribution in [0.15, 0.2) is 35.3 Å². The van der Waals surface area contributed by atoms with Crippen molar-refractivity contribution >= 4 is 27.3 Å². The molecular formula is C15H17NOS. The molecular weight excluding hydrogens is 242 g/mol. The highest BCUT2D eigenvalue weighted by atomic mass is 32.1. The summed E-state index contributed by atoms with van der Waals surface area (Å²) in [5.41, 5.74) is 0.165. The van der Waals surface area contributed by atoms with Crippen molar-refractivity contribution in [2.45, 2.75) is 26.8 Å². The number of ether oxygens (including phenoxy) is 1. The van der Waals surface area contributed by atoms with Crippen molar-refractivity contribution in [3.05, 3.63) is 35.2 Å². The molecule has 94 valence electrons. The van der Waals surface area contributed by atoms with Crippen molar-refractivity contribution in [3.63, 3.8) is 0 Å². The van der Waals surface area contributed by atoms with Crippen molar-refractivity contribution in [2.75, 3.05) is 6.61 Å². The molecule has 18 heavy (non-hydrogen) atoms. The fourth-order valence-electron chi connectivity index (χ4n) is 2.04. The largest absolute Gasteiger partial charge is 0.475 e. The van der Waals surface area contributed by atoms with Gasteiger partial charge >= 0.3 is 0 Å². The average Bonchev–Trinajstić information content (AvgIpc) is 2.94. The predicted octanol–water partition coefficient (Wildman–Crippen LogP) is 4.09. The van der Waals surface area contributed by atoms with Gasteiger partial charge in [0.1, 0.15) is 6.61 Å². The summed E-state index contributed by atoms with van der Waals surface area (Å²) in [5, 5.41) is 1.27. The number of hydrogen-bond donors (Lipinski definition) is 0. The summed E-state index contributed by atoms with van der Waals surface area (Å²) in [7, 11) is 0. The van der Waals surface area contributed by atoms with Gasteiger partial charge in [-0.3, -0.25) is 0 Å². The molecule has 1 aliphatic heterocycles. The van der Waals surface area contributed by atoms with E-state index in [1.807, 2.05) is 0 Å². The van der Waals surface area contributed by atoms with E-state index in [0.29, 0.717) is 6.61 Å². The van der Waals surface area contributed by atoms with Gasteiger partial charge in [-0.05, 0) is 22.9 Å². The Labute approximate surface area is 111 Å². The highest BCUT2D eigenvalue weighted by Gasteiger charge is 2.31. The quantitative estimate of drug-likeness (QED) is 0.755. The standard InChI is InChI=1S/C15H17NOS/c1-15(2,3)13-9-17-14(16-13)12-8-10-6-4-5-7-11(10)18-12/h4-8,13H,9H2,1-3H3/t13-/m0/s1. The monoisotopic (exact) mass is 259 g/mol. The van der Waals surface area contributed by atoms with Gasteiger partial charge in [-0.15, -0.1) is 11.3 Å². The molecule has 2 nitrogen and oxygen atoms in total. The normalized spacial score (nSPS) is 19.9. The van der Waals surface area contributed by atoms with Gasteiger partial charge in [0.2, 0.25) is 5.90 Å². The Balaban J connectivity index is 1.96. The fourth-order valence-corrected chi connectivity index (χ4v) is 3.05. The highest BCUT2D eigenvalue weighted by Crippen LogP contribution is 2.31. The van der Waals surface area contributed by atoms with Crippen LogP contribution in [-0.2, 0) is 4.74 Å². The minimum Gasteiger partial charge on any atom is -0.475 e. The first-order valence-electron chi connectivity index (χ1n) is 6.23. The number of fused-ring (bicyclic) bond motifs is 1. The zero-order chi connectivity index (χ0) is 12.8. The molecule has 0 saturated carbocycles. The highest BCUT2D eigenvalue weighted by molar-refractivity contribution is 7.20. The van der Waals surface area contributed by atoms with E-state index in [9.17, 15) is 0 Å². The molecule has 0 fully saturated rings. The van der Waals surface area contributed by atoms with E-state index in [1.165, 1.54) is 10.1 Å². The Kier molecular flexibility index (Phi) is 2.67. The van der Waals surface area contributed by atoms with Crippen molar-refractivity contribution in [3.8, 4) is 0 Å². The van der Waals surface area contributed by atoms with Crippen LogP contribution in [0.2, 0.25) is 0 Å². The molecule has 0 amide bonds. The van der Waals surface area contributed by atoms with Gasteiger partial charge in [0.05, 0.1) is 10.9 Å². The summed E-state index contributed by atoms with van der Waals surface area (Å²) in [5.74, 6) is 0.816. The molecule has 2 aromatic rings. The lowest BCUT2D eigenvalue weighted by Crippen LogP contribution is -2.25. The Morgan fingerprint density at radius 3 is 2.72 bits per heavy atom. The van der Waals surface area contributed by atoms with E-state index in [-0.39, 0.29) is 11.5 Å². The maximum atomic E-state index is 5.77. The van der Waals surface area contributed by atoms with Gasteiger partial charge in [-0.1, -0.05) is 39.0 Å². The molecule has 3 rings (SSSR count). The van der Waals surface area contributed by atoms with E-state index in [4.69, 9.17) is 9.73 Å². The topological polar surface area (TPSA) is 21.6 Å². The van der Waals surface area contributed by atoms with Crippen LogP contribution in [0.1, 0.15) is 25.6 Å².